The summed E-state index contributed by atoms with van der Waals surface area (Å²) in [7, 11) is 0. The second kappa shape index (κ2) is 56.7. The Morgan fingerprint density at radius 3 is 0.942 bits per heavy atom. The molecule has 0 saturated carbocycles. The van der Waals surface area contributed by atoms with Gasteiger partial charge in [0.15, 0.2) is 6.10 Å². The van der Waals surface area contributed by atoms with Crippen molar-refractivity contribution < 1.29 is 28.6 Å². The summed E-state index contributed by atoms with van der Waals surface area (Å²) in [6.45, 7) is 6.35. The number of hydrogen-bond acceptors (Lipinski definition) is 6. The Balaban J connectivity index is 4.52. The largest absolute Gasteiger partial charge is 0.462 e. The van der Waals surface area contributed by atoms with Crippen molar-refractivity contribution in [3.05, 3.63) is 109 Å². The van der Waals surface area contributed by atoms with Gasteiger partial charge >= 0.3 is 17.9 Å². The number of carbonyl (C=O) groups excluding carboxylic acids is 3. The average molecular weight is 958 g/mol. The molecule has 0 aliphatic carbocycles. The molecule has 0 unspecified atom stereocenters. The van der Waals surface area contributed by atoms with Gasteiger partial charge in [-0.3, -0.25) is 14.4 Å². The van der Waals surface area contributed by atoms with Gasteiger partial charge in [0.2, 0.25) is 0 Å². The lowest BCUT2D eigenvalue weighted by Gasteiger charge is -2.18. The normalized spacial score (nSPS) is 12.9. The Hall–Kier alpha value is -3.93. The molecule has 0 heterocycles. The van der Waals surface area contributed by atoms with Crippen LogP contribution in [0.1, 0.15) is 252 Å². The molecule has 0 amide bonds. The van der Waals surface area contributed by atoms with Crippen LogP contribution in [0, 0.1) is 0 Å². The molecule has 0 fully saturated rings. The first kappa shape index (κ1) is 65.1. The summed E-state index contributed by atoms with van der Waals surface area (Å²) in [5.74, 6) is -1.01. The summed E-state index contributed by atoms with van der Waals surface area (Å²) < 4.78 is 16.8. The predicted octanol–water partition coefficient (Wildman–Crippen LogP) is 19.1. The third-order valence-corrected chi connectivity index (χ3v) is 11.8. The molecule has 0 aromatic rings. The number of ether oxygens (including phenoxy) is 3. The molecule has 0 aliphatic heterocycles. The van der Waals surface area contributed by atoms with Gasteiger partial charge in [-0.15, -0.1) is 0 Å². The van der Waals surface area contributed by atoms with Crippen LogP contribution in [0.25, 0.3) is 0 Å². The highest BCUT2D eigenvalue weighted by Gasteiger charge is 2.19. The minimum atomic E-state index is -0.826. The summed E-state index contributed by atoms with van der Waals surface area (Å²) in [6.07, 6.45) is 76.6. The molecular formula is C63H104O6. The molecule has 0 aromatic heterocycles. The van der Waals surface area contributed by atoms with E-state index in [9.17, 15) is 14.4 Å². The molecule has 0 spiro atoms. The second-order valence-electron chi connectivity index (χ2n) is 18.4. The van der Waals surface area contributed by atoms with Crippen LogP contribution in [0.4, 0.5) is 0 Å². The van der Waals surface area contributed by atoms with Crippen molar-refractivity contribution >= 4 is 17.9 Å². The molecule has 0 rings (SSSR count). The summed E-state index contributed by atoms with van der Waals surface area (Å²) in [5.41, 5.74) is 0. The number of rotatable bonds is 50. The number of unbranched alkanes of at least 4 members (excludes halogenated alkanes) is 21. The first-order chi connectivity index (χ1) is 34.0. The highest BCUT2D eigenvalue weighted by Crippen LogP contribution is 2.15. The van der Waals surface area contributed by atoms with Crippen LogP contribution < -0.4 is 0 Å². The fraction of sp³-hybridized carbons (Fsp3) is 0.667. The Kier molecular flexibility index (Phi) is 53.4. The molecule has 0 saturated heterocycles. The SMILES string of the molecule is CC/C=C\C/C=C\C/C=C\C/C=C\C/C=C\C/C=C\CCC(=O)O[C@H](COC(=O)CCCCCCC/C=C\C/C=C\C/C=C\CC)COC(=O)CCCCCCCCCCCCCCCCCCC. The number of esters is 3. The van der Waals surface area contributed by atoms with E-state index in [1.54, 1.807) is 0 Å². The quantitative estimate of drug-likeness (QED) is 0.0262. The van der Waals surface area contributed by atoms with E-state index in [1.807, 2.05) is 12.2 Å². The van der Waals surface area contributed by atoms with Crippen LogP contribution in [-0.2, 0) is 28.6 Å². The van der Waals surface area contributed by atoms with Crippen molar-refractivity contribution in [2.45, 2.75) is 258 Å². The van der Waals surface area contributed by atoms with Crippen molar-refractivity contribution in [1.29, 1.82) is 0 Å². The van der Waals surface area contributed by atoms with Gasteiger partial charge in [0.25, 0.3) is 0 Å². The van der Waals surface area contributed by atoms with Crippen LogP contribution in [0.2, 0.25) is 0 Å². The van der Waals surface area contributed by atoms with Crippen molar-refractivity contribution in [3.8, 4) is 0 Å². The van der Waals surface area contributed by atoms with Gasteiger partial charge in [-0.1, -0.05) is 252 Å². The number of carbonyl (C=O) groups is 3. The molecule has 392 valence electrons. The lowest BCUT2D eigenvalue weighted by molar-refractivity contribution is -0.166. The second-order valence-corrected chi connectivity index (χ2v) is 18.4. The Morgan fingerprint density at radius 1 is 0.304 bits per heavy atom. The standard InChI is InChI=1S/C63H104O6/c1-4-7-10-13-16-19-22-25-28-30-31-33-36-39-42-45-48-51-54-57-63(66)69-60(58-67-61(64)55-52-49-46-43-40-37-34-27-24-21-18-15-12-9-6-3)59-68-62(65)56-53-50-47-44-41-38-35-32-29-26-23-20-17-14-11-8-5-2/h7,9-10,12,16,18-19,21,25,27-28,31,33-34,39,42,48,51,60H,4-6,8,11,13-15,17,20,22-24,26,29-30,32,35-38,40-41,43-47,49-50,52-59H2,1-3H3/b10-7-,12-9-,19-16-,21-18-,28-25-,33-31-,34-27-,42-39-,51-48-/t60-/m1/s1. The maximum Gasteiger partial charge on any atom is 0.306 e. The van der Waals surface area contributed by atoms with Gasteiger partial charge in [-0.05, 0) is 89.9 Å². The number of allylic oxidation sites excluding steroid dienone is 18. The lowest BCUT2D eigenvalue weighted by Crippen LogP contribution is -2.30. The van der Waals surface area contributed by atoms with E-state index in [2.05, 4.69) is 118 Å². The lowest BCUT2D eigenvalue weighted by atomic mass is 10.0. The van der Waals surface area contributed by atoms with E-state index in [-0.39, 0.29) is 31.6 Å². The van der Waals surface area contributed by atoms with Crippen molar-refractivity contribution in [2.75, 3.05) is 13.2 Å². The molecule has 1 atom stereocenters. The molecule has 6 nitrogen and oxygen atoms in total. The fourth-order valence-electron chi connectivity index (χ4n) is 7.60. The summed E-state index contributed by atoms with van der Waals surface area (Å²) >= 11 is 0. The van der Waals surface area contributed by atoms with E-state index in [0.717, 1.165) is 116 Å². The van der Waals surface area contributed by atoms with Crippen molar-refractivity contribution in [1.82, 2.24) is 0 Å². The summed E-state index contributed by atoms with van der Waals surface area (Å²) in [6, 6.07) is 0. The zero-order chi connectivity index (χ0) is 50.0. The molecule has 69 heavy (non-hydrogen) atoms. The van der Waals surface area contributed by atoms with E-state index in [1.165, 1.54) is 89.9 Å². The Bertz CT molecular complexity index is 1420. The molecular weight excluding hydrogens is 853 g/mol. The van der Waals surface area contributed by atoms with Crippen molar-refractivity contribution in [2.24, 2.45) is 0 Å². The molecule has 0 aromatic carbocycles. The topological polar surface area (TPSA) is 78.9 Å². The maximum atomic E-state index is 12.8. The number of hydrogen-bond donors (Lipinski definition) is 0. The highest BCUT2D eigenvalue weighted by molar-refractivity contribution is 5.71. The van der Waals surface area contributed by atoms with Crippen LogP contribution in [0.5, 0.6) is 0 Å². The average Bonchev–Trinajstić information content (AvgIpc) is 3.35. The molecule has 6 heteroatoms. The summed E-state index contributed by atoms with van der Waals surface area (Å²) in [4.78, 5) is 38.1. The first-order valence-electron chi connectivity index (χ1n) is 28.4. The summed E-state index contributed by atoms with van der Waals surface area (Å²) in [5, 5.41) is 0. The van der Waals surface area contributed by atoms with Gasteiger partial charge in [-0.25, -0.2) is 0 Å². The third-order valence-electron chi connectivity index (χ3n) is 11.8. The van der Waals surface area contributed by atoms with Crippen LogP contribution >= 0.6 is 0 Å². The van der Waals surface area contributed by atoms with Crippen LogP contribution in [0.15, 0.2) is 109 Å². The predicted molar refractivity (Wildman–Crippen MR) is 297 cm³/mol. The van der Waals surface area contributed by atoms with E-state index >= 15 is 0 Å². The first-order valence-corrected chi connectivity index (χ1v) is 28.4. The molecule has 0 aliphatic rings. The fourth-order valence-corrected chi connectivity index (χ4v) is 7.60. The zero-order valence-corrected chi connectivity index (χ0v) is 44.8. The molecule has 0 bridgehead atoms. The van der Waals surface area contributed by atoms with Gasteiger partial charge in [0, 0.05) is 19.3 Å². The van der Waals surface area contributed by atoms with Gasteiger partial charge < -0.3 is 14.2 Å². The van der Waals surface area contributed by atoms with E-state index in [0.29, 0.717) is 19.3 Å². The monoisotopic (exact) mass is 957 g/mol. The Morgan fingerprint density at radius 2 is 0.594 bits per heavy atom. The zero-order valence-electron chi connectivity index (χ0n) is 44.8. The highest BCUT2D eigenvalue weighted by atomic mass is 16.6. The van der Waals surface area contributed by atoms with Gasteiger partial charge in [-0.2, -0.15) is 0 Å². The van der Waals surface area contributed by atoms with Crippen LogP contribution in [0.3, 0.4) is 0 Å². The van der Waals surface area contributed by atoms with Gasteiger partial charge in [0.1, 0.15) is 13.2 Å². The van der Waals surface area contributed by atoms with E-state index in [4.69, 9.17) is 14.2 Å². The van der Waals surface area contributed by atoms with Gasteiger partial charge in [0.05, 0.1) is 0 Å². The molecule has 0 N–H and O–H groups in total. The third kappa shape index (κ3) is 54.9. The van der Waals surface area contributed by atoms with E-state index < -0.39 is 12.1 Å². The maximum absolute atomic E-state index is 12.8. The minimum Gasteiger partial charge on any atom is -0.462 e. The van der Waals surface area contributed by atoms with Crippen LogP contribution in [-0.4, -0.2) is 37.2 Å². The Labute approximate surface area is 425 Å². The molecule has 0 radical (unpaired) electrons. The smallest absolute Gasteiger partial charge is 0.306 e. The minimum absolute atomic E-state index is 0.113. The van der Waals surface area contributed by atoms with Crippen molar-refractivity contribution in [3.63, 3.8) is 0 Å².